The molecule has 1 aliphatic rings. The molecule has 2 nitrogen and oxygen atoms in total. The molecule has 1 rings (SSSR count). The summed E-state index contributed by atoms with van der Waals surface area (Å²) in [7, 11) is 0. The molecule has 0 amide bonds. The van der Waals surface area contributed by atoms with E-state index in [0.29, 0.717) is 0 Å². The van der Waals surface area contributed by atoms with Gasteiger partial charge in [-0.25, -0.2) is 0 Å². The molecule has 0 aliphatic carbocycles. The lowest BCUT2D eigenvalue weighted by molar-refractivity contribution is 0.0549. The molecule has 1 aliphatic heterocycles. The van der Waals surface area contributed by atoms with Crippen LogP contribution in [0.2, 0.25) is 0 Å². The van der Waals surface area contributed by atoms with Crippen molar-refractivity contribution >= 4 is 0 Å². The molecule has 1 fully saturated rings. The molecular formula is C18H37NO. The zero-order valence-electron chi connectivity index (χ0n) is 13.8. The van der Waals surface area contributed by atoms with E-state index in [0.717, 1.165) is 25.7 Å². The van der Waals surface area contributed by atoms with Crippen LogP contribution in [0.25, 0.3) is 0 Å². The van der Waals surface area contributed by atoms with Crippen LogP contribution < -0.4 is 5.32 Å². The van der Waals surface area contributed by atoms with E-state index in [-0.39, 0.29) is 0 Å². The first kappa shape index (κ1) is 18.0. The van der Waals surface area contributed by atoms with E-state index >= 15 is 0 Å². The highest BCUT2D eigenvalue weighted by atomic mass is 16.5. The molecule has 0 aromatic rings. The van der Waals surface area contributed by atoms with Crippen molar-refractivity contribution in [3.8, 4) is 0 Å². The monoisotopic (exact) mass is 283 g/mol. The fraction of sp³-hybridized carbons (Fsp3) is 1.00. The third-order valence-corrected chi connectivity index (χ3v) is 4.39. The van der Waals surface area contributed by atoms with Crippen molar-refractivity contribution in [1.82, 2.24) is 5.32 Å². The van der Waals surface area contributed by atoms with Gasteiger partial charge in [0.1, 0.15) is 0 Å². The zero-order chi connectivity index (χ0) is 14.3. The minimum Gasteiger partial charge on any atom is -0.381 e. The summed E-state index contributed by atoms with van der Waals surface area (Å²) < 4.78 is 5.50. The molecule has 1 saturated heterocycles. The van der Waals surface area contributed by atoms with Gasteiger partial charge < -0.3 is 10.1 Å². The van der Waals surface area contributed by atoms with Gasteiger partial charge in [0.15, 0.2) is 0 Å². The molecule has 1 unspecified atom stereocenters. The Hall–Kier alpha value is -0.0800. The summed E-state index contributed by atoms with van der Waals surface area (Å²) in [5.41, 5.74) is 0. The lowest BCUT2D eigenvalue weighted by Gasteiger charge is -2.22. The Morgan fingerprint density at radius 2 is 1.55 bits per heavy atom. The second kappa shape index (κ2) is 13.9. The second-order valence-electron chi connectivity index (χ2n) is 6.47. The molecule has 1 N–H and O–H groups in total. The van der Waals surface area contributed by atoms with Gasteiger partial charge in [-0.05, 0) is 31.7 Å². The third-order valence-electron chi connectivity index (χ3n) is 4.39. The van der Waals surface area contributed by atoms with E-state index in [4.69, 9.17) is 4.74 Å². The summed E-state index contributed by atoms with van der Waals surface area (Å²) >= 11 is 0. The Bertz CT molecular complexity index is 190. The van der Waals surface area contributed by atoms with Crippen LogP contribution in [0.3, 0.4) is 0 Å². The van der Waals surface area contributed by atoms with Crippen LogP contribution in [-0.2, 0) is 4.74 Å². The minimum atomic E-state index is 0.770. The average molecular weight is 284 g/mol. The number of hydrogen-bond acceptors (Lipinski definition) is 2. The Labute approximate surface area is 127 Å². The van der Waals surface area contributed by atoms with Gasteiger partial charge in [0.25, 0.3) is 0 Å². The van der Waals surface area contributed by atoms with Gasteiger partial charge in [-0.1, -0.05) is 64.7 Å². The topological polar surface area (TPSA) is 21.3 Å². The zero-order valence-corrected chi connectivity index (χ0v) is 13.8. The van der Waals surface area contributed by atoms with Gasteiger partial charge in [0.2, 0.25) is 0 Å². The SMILES string of the molecule is CCCCCCCCCCCCNCC1CCCOC1. The van der Waals surface area contributed by atoms with Crippen LogP contribution in [-0.4, -0.2) is 26.3 Å². The minimum absolute atomic E-state index is 0.770. The third kappa shape index (κ3) is 10.7. The van der Waals surface area contributed by atoms with Crippen molar-refractivity contribution in [2.45, 2.75) is 84.0 Å². The van der Waals surface area contributed by atoms with Gasteiger partial charge in [-0.3, -0.25) is 0 Å². The van der Waals surface area contributed by atoms with Crippen molar-refractivity contribution < 1.29 is 4.74 Å². The molecule has 0 aromatic heterocycles. The van der Waals surface area contributed by atoms with E-state index in [9.17, 15) is 0 Å². The maximum absolute atomic E-state index is 5.50. The average Bonchev–Trinajstić information content (AvgIpc) is 2.49. The quantitative estimate of drug-likeness (QED) is 0.484. The van der Waals surface area contributed by atoms with Crippen LogP contribution in [0.15, 0.2) is 0 Å². The number of hydrogen-bond donors (Lipinski definition) is 1. The molecule has 0 spiro atoms. The van der Waals surface area contributed by atoms with Crippen molar-refractivity contribution in [3.63, 3.8) is 0 Å². The summed E-state index contributed by atoms with van der Waals surface area (Å²) in [6, 6.07) is 0. The van der Waals surface area contributed by atoms with E-state index in [2.05, 4.69) is 12.2 Å². The van der Waals surface area contributed by atoms with Gasteiger partial charge >= 0.3 is 0 Å². The van der Waals surface area contributed by atoms with E-state index in [1.807, 2.05) is 0 Å². The predicted molar refractivity (Wildman–Crippen MR) is 88.3 cm³/mol. The van der Waals surface area contributed by atoms with Crippen LogP contribution in [0, 0.1) is 5.92 Å². The van der Waals surface area contributed by atoms with Crippen molar-refractivity contribution in [1.29, 1.82) is 0 Å². The normalized spacial score (nSPS) is 19.4. The van der Waals surface area contributed by atoms with Crippen molar-refractivity contribution in [3.05, 3.63) is 0 Å². The first-order chi connectivity index (χ1) is 9.93. The molecule has 2 heteroatoms. The van der Waals surface area contributed by atoms with Crippen molar-refractivity contribution in [2.75, 3.05) is 26.3 Å². The van der Waals surface area contributed by atoms with Crippen molar-refractivity contribution in [2.24, 2.45) is 5.92 Å². The van der Waals surface area contributed by atoms with Crippen LogP contribution in [0.4, 0.5) is 0 Å². The molecule has 1 heterocycles. The van der Waals surface area contributed by atoms with E-state index < -0.39 is 0 Å². The molecular weight excluding hydrogens is 246 g/mol. The Balaban J connectivity index is 1.70. The van der Waals surface area contributed by atoms with E-state index in [1.54, 1.807) is 0 Å². The molecule has 0 saturated carbocycles. The molecule has 0 aromatic carbocycles. The summed E-state index contributed by atoms with van der Waals surface area (Å²) in [6.45, 7) is 6.61. The fourth-order valence-corrected chi connectivity index (χ4v) is 3.01. The Morgan fingerprint density at radius 3 is 2.15 bits per heavy atom. The molecule has 1 atom stereocenters. The molecule has 0 radical (unpaired) electrons. The van der Waals surface area contributed by atoms with Crippen LogP contribution in [0.1, 0.15) is 84.0 Å². The maximum Gasteiger partial charge on any atom is 0.0506 e. The van der Waals surface area contributed by atoms with Gasteiger partial charge in [-0.15, -0.1) is 0 Å². The summed E-state index contributed by atoms with van der Waals surface area (Å²) in [5.74, 6) is 0.770. The summed E-state index contributed by atoms with van der Waals surface area (Å²) in [4.78, 5) is 0. The smallest absolute Gasteiger partial charge is 0.0506 e. The number of nitrogens with one attached hydrogen (secondary N) is 1. The van der Waals surface area contributed by atoms with Crippen LogP contribution in [0.5, 0.6) is 0 Å². The highest BCUT2D eigenvalue weighted by molar-refractivity contribution is 4.65. The highest BCUT2D eigenvalue weighted by Crippen LogP contribution is 2.12. The highest BCUT2D eigenvalue weighted by Gasteiger charge is 2.12. The lowest BCUT2D eigenvalue weighted by Crippen LogP contribution is -2.29. The van der Waals surface area contributed by atoms with Gasteiger partial charge in [0, 0.05) is 13.2 Å². The van der Waals surface area contributed by atoms with Gasteiger partial charge in [0.05, 0.1) is 6.61 Å². The largest absolute Gasteiger partial charge is 0.381 e. The molecule has 20 heavy (non-hydrogen) atoms. The second-order valence-corrected chi connectivity index (χ2v) is 6.47. The first-order valence-corrected chi connectivity index (χ1v) is 9.22. The number of ether oxygens (including phenoxy) is 1. The number of rotatable bonds is 13. The number of unbranched alkanes of at least 4 members (excludes halogenated alkanes) is 9. The summed E-state index contributed by atoms with van der Waals surface area (Å²) in [6.07, 6.45) is 16.9. The predicted octanol–water partition coefficient (Wildman–Crippen LogP) is 4.92. The lowest BCUT2D eigenvalue weighted by atomic mass is 10.0. The Kier molecular flexibility index (Phi) is 12.5. The Morgan fingerprint density at radius 1 is 0.900 bits per heavy atom. The summed E-state index contributed by atoms with van der Waals surface area (Å²) in [5, 5.41) is 3.60. The fourth-order valence-electron chi connectivity index (χ4n) is 3.01. The van der Waals surface area contributed by atoms with Gasteiger partial charge in [-0.2, -0.15) is 0 Å². The molecule has 0 bridgehead atoms. The van der Waals surface area contributed by atoms with E-state index in [1.165, 1.54) is 83.6 Å². The maximum atomic E-state index is 5.50. The standard InChI is InChI=1S/C18H37NO/c1-2-3-4-5-6-7-8-9-10-11-14-19-16-18-13-12-15-20-17-18/h18-19H,2-17H2,1H3. The van der Waals surface area contributed by atoms with Crippen LogP contribution >= 0.6 is 0 Å². The molecule has 120 valence electrons. The first-order valence-electron chi connectivity index (χ1n) is 9.22.